The fourth-order valence-electron chi connectivity index (χ4n) is 2.25. The largest absolute Gasteiger partial charge is 0.377 e. The van der Waals surface area contributed by atoms with Crippen LogP contribution in [0.3, 0.4) is 0 Å². The second kappa shape index (κ2) is 7.07. The van der Waals surface area contributed by atoms with E-state index in [9.17, 15) is 8.42 Å². The molecular weight excluding hydrogens is 312 g/mol. The van der Waals surface area contributed by atoms with E-state index < -0.39 is 10.0 Å². The van der Waals surface area contributed by atoms with E-state index in [4.69, 9.17) is 16.3 Å². The molecule has 0 bridgehead atoms. The second-order valence-corrected chi connectivity index (χ2v) is 7.25. The number of hydrogen-bond donors (Lipinski definition) is 2. The SMILES string of the molecule is CCNCc1ccc(S(=O)(=O)NC2CCOC2C)cc1Cl. The van der Waals surface area contributed by atoms with Crippen molar-refractivity contribution < 1.29 is 13.2 Å². The molecule has 7 heteroatoms. The average Bonchev–Trinajstić information content (AvgIpc) is 2.82. The second-order valence-electron chi connectivity index (χ2n) is 5.13. The molecule has 1 aliphatic heterocycles. The molecule has 0 radical (unpaired) electrons. The summed E-state index contributed by atoms with van der Waals surface area (Å²) in [6.07, 6.45) is 0.579. The highest BCUT2D eigenvalue weighted by Gasteiger charge is 2.29. The molecule has 1 saturated heterocycles. The third kappa shape index (κ3) is 4.17. The Morgan fingerprint density at radius 2 is 2.19 bits per heavy atom. The molecule has 2 atom stereocenters. The predicted octanol–water partition coefficient (Wildman–Crippen LogP) is 1.91. The molecule has 2 N–H and O–H groups in total. The molecule has 118 valence electrons. The van der Waals surface area contributed by atoms with E-state index in [1.807, 2.05) is 13.8 Å². The molecule has 1 aliphatic rings. The lowest BCUT2D eigenvalue weighted by atomic mass is 10.2. The Kier molecular flexibility index (Phi) is 5.62. The van der Waals surface area contributed by atoms with E-state index in [0.29, 0.717) is 24.6 Å². The Balaban J connectivity index is 2.14. The van der Waals surface area contributed by atoms with E-state index in [-0.39, 0.29) is 17.0 Å². The number of hydrogen-bond acceptors (Lipinski definition) is 4. The minimum Gasteiger partial charge on any atom is -0.377 e. The van der Waals surface area contributed by atoms with Gasteiger partial charge in [0.15, 0.2) is 0 Å². The average molecular weight is 333 g/mol. The Labute approximate surface area is 131 Å². The minimum absolute atomic E-state index is 0.108. The quantitative estimate of drug-likeness (QED) is 0.835. The highest BCUT2D eigenvalue weighted by molar-refractivity contribution is 7.89. The maximum Gasteiger partial charge on any atom is 0.240 e. The zero-order valence-corrected chi connectivity index (χ0v) is 13.8. The number of benzene rings is 1. The van der Waals surface area contributed by atoms with E-state index in [2.05, 4.69) is 10.0 Å². The lowest BCUT2D eigenvalue weighted by molar-refractivity contribution is 0.117. The fourth-order valence-corrected chi connectivity index (χ4v) is 3.93. The van der Waals surface area contributed by atoms with Gasteiger partial charge < -0.3 is 10.1 Å². The third-order valence-electron chi connectivity index (χ3n) is 3.58. The van der Waals surface area contributed by atoms with Gasteiger partial charge in [0, 0.05) is 18.2 Å². The molecule has 0 aliphatic carbocycles. The summed E-state index contributed by atoms with van der Waals surface area (Å²) in [5.41, 5.74) is 0.884. The van der Waals surface area contributed by atoms with Crippen LogP contribution in [-0.4, -0.2) is 33.7 Å². The van der Waals surface area contributed by atoms with Gasteiger partial charge in [0.2, 0.25) is 10.0 Å². The Morgan fingerprint density at radius 3 is 2.76 bits per heavy atom. The van der Waals surface area contributed by atoms with Crippen molar-refractivity contribution in [1.82, 2.24) is 10.0 Å². The van der Waals surface area contributed by atoms with Crippen LogP contribution in [0.1, 0.15) is 25.8 Å². The molecule has 1 aromatic rings. The zero-order valence-electron chi connectivity index (χ0n) is 12.2. The number of rotatable bonds is 6. The number of halogens is 1. The molecule has 1 aromatic carbocycles. The first-order valence-corrected chi connectivity index (χ1v) is 8.93. The van der Waals surface area contributed by atoms with Crippen molar-refractivity contribution in [2.24, 2.45) is 0 Å². The predicted molar refractivity (Wildman–Crippen MR) is 83.0 cm³/mol. The molecule has 21 heavy (non-hydrogen) atoms. The third-order valence-corrected chi connectivity index (χ3v) is 5.42. The van der Waals surface area contributed by atoms with Crippen molar-refractivity contribution in [3.05, 3.63) is 28.8 Å². The van der Waals surface area contributed by atoms with Crippen molar-refractivity contribution in [3.8, 4) is 0 Å². The van der Waals surface area contributed by atoms with Crippen LogP contribution >= 0.6 is 11.6 Å². The summed E-state index contributed by atoms with van der Waals surface area (Å²) in [7, 11) is -3.57. The minimum atomic E-state index is -3.57. The summed E-state index contributed by atoms with van der Waals surface area (Å²) in [5, 5.41) is 3.62. The van der Waals surface area contributed by atoms with Crippen molar-refractivity contribution in [2.75, 3.05) is 13.2 Å². The van der Waals surface area contributed by atoms with Gasteiger partial charge in [0.1, 0.15) is 0 Å². The lowest BCUT2D eigenvalue weighted by Crippen LogP contribution is -2.39. The summed E-state index contributed by atoms with van der Waals surface area (Å²) >= 11 is 6.16. The van der Waals surface area contributed by atoms with E-state index >= 15 is 0 Å². The van der Waals surface area contributed by atoms with E-state index in [0.717, 1.165) is 12.1 Å². The fraction of sp³-hybridized carbons (Fsp3) is 0.571. The summed E-state index contributed by atoms with van der Waals surface area (Å²) in [6, 6.07) is 4.64. The molecule has 0 amide bonds. The Hall–Kier alpha value is -0.660. The van der Waals surface area contributed by atoms with Crippen LogP contribution in [0.4, 0.5) is 0 Å². The summed E-state index contributed by atoms with van der Waals surface area (Å²) in [4.78, 5) is 0.187. The first-order valence-electron chi connectivity index (χ1n) is 7.07. The van der Waals surface area contributed by atoms with Gasteiger partial charge in [-0.3, -0.25) is 0 Å². The van der Waals surface area contributed by atoms with Gasteiger partial charge in [-0.15, -0.1) is 0 Å². The molecule has 2 unspecified atom stereocenters. The molecule has 1 heterocycles. The van der Waals surface area contributed by atoms with Crippen LogP contribution in [-0.2, 0) is 21.3 Å². The molecule has 0 saturated carbocycles. The van der Waals surface area contributed by atoms with Gasteiger partial charge in [0.25, 0.3) is 0 Å². The van der Waals surface area contributed by atoms with Gasteiger partial charge in [-0.25, -0.2) is 13.1 Å². The van der Waals surface area contributed by atoms with Crippen molar-refractivity contribution in [1.29, 1.82) is 0 Å². The van der Waals surface area contributed by atoms with Crippen LogP contribution in [0.2, 0.25) is 5.02 Å². The maximum absolute atomic E-state index is 12.4. The van der Waals surface area contributed by atoms with Crippen molar-refractivity contribution in [2.45, 2.75) is 43.9 Å². The molecule has 5 nitrogen and oxygen atoms in total. The summed E-state index contributed by atoms with van der Waals surface area (Å²) in [5.74, 6) is 0. The van der Waals surface area contributed by atoms with Crippen molar-refractivity contribution in [3.63, 3.8) is 0 Å². The standard InChI is InChI=1S/C14H21ClN2O3S/c1-3-16-9-11-4-5-12(8-13(11)15)21(18,19)17-14-6-7-20-10(14)2/h4-5,8,10,14,16-17H,3,6-7,9H2,1-2H3. The first kappa shape index (κ1) is 16.7. The van der Waals surface area contributed by atoms with E-state index in [1.165, 1.54) is 6.07 Å². The van der Waals surface area contributed by atoms with Gasteiger partial charge in [0.05, 0.1) is 17.0 Å². The highest BCUT2D eigenvalue weighted by atomic mass is 35.5. The molecule has 0 aromatic heterocycles. The maximum atomic E-state index is 12.4. The van der Waals surface area contributed by atoms with Gasteiger partial charge in [-0.2, -0.15) is 0 Å². The lowest BCUT2D eigenvalue weighted by Gasteiger charge is -2.16. The van der Waals surface area contributed by atoms with Gasteiger partial charge in [-0.05, 0) is 37.6 Å². The van der Waals surface area contributed by atoms with Gasteiger partial charge in [-0.1, -0.05) is 24.6 Å². The first-order chi connectivity index (χ1) is 9.94. The number of ether oxygens (including phenoxy) is 1. The molecular formula is C14H21ClN2O3S. The highest BCUT2D eigenvalue weighted by Crippen LogP contribution is 2.22. The van der Waals surface area contributed by atoms with Crippen LogP contribution in [0.5, 0.6) is 0 Å². The Bertz CT molecular complexity index is 592. The summed E-state index contributed by atoms with van der Waals surface area (Å²) in [6.45, 7) is 5.90. The zero-order chi connectivity index (χ0) is 15.5. The van der Waals surface area contributed by atoms with Crippen LogP contribution in [0.25, 0.3) is 0 Å². The van der Waals surface area contributed by atoms with Crippen LogP contribution < -0.4 is 10.0 Å². The number of nitrogens with one attached hydrogen (secondary N) is 2. The topological polar surface area (TPSA) is 67.4 Å². The van der Waals surface area contributed by atoms with E-state index in [1.54, 1.807) is 12.1 Å². The smallest absolute Gasteiger partial charge is 0.240 e. The molecule has 2 rings (SSSR count). The van der Waals surface area contributed by atoms with Crippen LogP contribution in [0.15, 0.2) is 23.1 Å². The normalized spacial score (nSPS) is 22.6. The van der Waals surface area contributed by atoms with Gasteiger partial charge >= 0.3 is 0 Å². The van der Waals surface area contributed by atoms with Crippen LogP contribution in [0, 0.1) is 0 Å². The molecule has 0 spiro atoms. The number of sulfonamides is 1. The molecule has 1 fully saturated rings. The Morgan fingerprint density at radius 1 is 1.43 bits per heavy atom. The van der Waals surface area contributed by atoms with Crippen molar-refractivity contribution >= 4 is 21.6 Å². The monoisotopic (exact) mass is 332 g/mol. The summed E-state index contributed by atoms with van der Waals surface area (Å²) < 4.78 is 32.8.